The van der Waals surface area contributed by atoms with E-state index in [0.717, 1.165) is 5.56 Å². The molecule has 0 atom stereocenters. The van der Waals surface area contributed by atoms with Gasteiger partial charge in [-0.3, -0.25) is 4.79 Å². The van der Waals surface area contributed by atoms with Crippen LogP contribution in [0.1, 0.15) is 5.56 Å². The minimum absolute atomic E-state index is 0.000696. The summed E-state index contributed by atoms with van der Waals surface area (Å²) < 4.78 is 28.2. The van der Waals surface area contributed by atoms with Crippen LogP contribution in [0.5, 0.6) is 0 Å². The summed E-state index contributed by atoms with van der Waals surface area (Å²) >= 11 is 0. The van der Waals surface area contributed by atoms with Gasteiger partial charge in [0.15, 0.2) is 0 Å². The summed E-state index contributed by atoms with van der Waals surface area (Å²) in [7, 11) is 0. The standard InChI is InChI=1S/C24H21F2N7O/c1-15-8-2-5-11-18(15)28-21(34)14-27-22-31-23(29-19-12-6-3-9-16(19)25)33-24(32-22)30-20-13-7-4-10-17(20)26/h2-13H,14H2,1H3,(H,28,34)(H3,27,29,30,31,32,33). The van der Waals surface area contributed by atoms with Gasteiger partial charge in [0.1, 0.15) is 11.6 Å². The fourth-order valence-electron chi connectivity index (χ4n) is 3.00. The molecular weight excluding hydrogens is 440 g/mol. The van der Waals surface area contributed by atoms with Crippen LogP contribution in [-0.4, -0.2) is 27.4 Å². The summed E-state index contributed by atoms with van der Waals surface area (Å²) in [6.07, 6.45) is 0. The van der Waals surface area contributed by atoms with Gasteiger partial charge in [-0.1, -0.05) is 42.5 Å². The minimum atomic E-state index is -0.501. The number of carbonyl (C=O) groups is 1. The first kappa shape index (κ1) is 22.6. The normalized spacial score (nSPS) is 10.4. The fraction of sp³-hybridized carbons (Fsp3) is 0.0833. The molecule has 8 nitrogen and oxygen atoms in total. The maximum Gasteiger partial charge on any atom is 0.243 e. The van der Waals surface area contributed by atoms with Gasteiger partial charge in [0.25, 0.3) is 0 Å². The van der Waals surface area contributed by atoms with E-state index in [0.29, 0.717) is 5.69 Å². The van der Waals surface area contributed by atoms with E-state index < -0.39 is 11.6 Å². The molecule has 4 N–H and O–H groups in total. The fourth-order valence-corrected chi connectivity index (χ4v) is 3.00. The van der Waals surface area contributed by atoms with E-state index in [1.54, 1.807) is 30.3 Å². The summed E-state index contributed by atoms with van der Waals surface area (Å²) in [4.78, 5) is 25.0. The molecule has 1 aromatic heterocycles. The zero-order chi connectivity index (χ0) is 23.9. The van der Waals surface area contributed by atoms with Gasteiger partial charge >= 0.3 is 0 Å². The van der Waals surface area contributed by atoms with Gasteiger partial charge in [-0.25, -0.2) is 8.78 Å². The number of halogens is 2. The molecular formula is C24H21F2N7O. The summed E-state index contributed by atoms with van der Waals surface area (Å²) in [5.41, 5.74) is 1.90. The monoisotopic (exact) mass is 461 g/mol. The summed E-state index contributed by atoms with van der Waals surface area (Å²) in [6.45, 7) is 1.74. The van der Waals surface area contributed by atoms with Crippen LogP contribution in [0.4, 0.5) is 43.7 Å². The SMILES string of the molecule is Cc1ccccc1NC(=O)CNc1nc(Nc2ccccc2F)nc(Nc2ccccc2F)n1. The van der Waals surface area contributed by atoms with Crippen molar-refractivity contribution in [3.8, 4) is 0 Å². The van der Waals surface area contributed by atoms with Gasteiger partial charge in [0.05, 0.1) is 17.9 Å². The molecule has 0 spiro atoms. The lowest BCUT2D eigenvalue weighted by Gasteiger charge is -2.12. The van der Waals surface area contributed by atoms with Gasteiger partial charge in [-0.2, -0.15) is 15.0 Å². The number of hydrogen-bond acceptors (Lipinski definition) is 7. The number of rotatable bonds is 8. The van der Waals surface area contributed by atoms with Crippen molar-refractivity contribution in [3.63, 3.8) is 0 Å². The van der Waals surface area contributed by atoms with Crippen LogP contribution in [0.15, 0.2) is 72.8 Å². The highest BCUT2D eigenvalue weighted by Crippen LogP contribution is 2.22. The van der Waals surface area contributed by atoms with Gasteiger partial charge in [-0.15, -0.1) is 0 Å². The second kappa shape index (κ2) is 10.3. The van der Waals surface area contributed by atoms with Crippen molar-refractivity contribution in [2.45, 2.75) is 6.92 Å². The number of nitrogens with zero attached hydrogens (tertiary/aromatic N) is 3. The summed E-state index contributed by atoms with van der Waals surface area (Å²) in [5, 5.41) is 11.2. The van der Waals surface area contributed by atoms with Gasteiger partial charge in [-0.05, 0) is 42.8 Å². The molecule has 0 radical (unpaired) electrons. The number of hydrogen-bond donors (Lipinski definition) is 4. The Morgan fingerprint density at radius 2 is 1.18 bits per heavy atom. The van der Waals surface area contributed by atoms with E-state index in [4.69, 9.17) is 0 Å². The molecule has 0 aliphatic carbocycles. The summed E-state index contributed by atoms with van der Waals surface area (Å²) in [6, 6.07) is 19.4. The van der Waals surface area contributed by atoms with E-state index in [2.05, 4.69) is 36.2 Å². The molecule has 172 valence electrons. The topological polar surface area (TPSA) is 104 Å². The molecule has 1 heterocycles. The van der Waals surface area contributed by atoms with Gasteiger partial charge in [0.2, 0.25) is 23.8 Å². The molecule has 0 bridgehead atoms. The van der Waals surface area contributed by atoms with Crippen LogP contribution in [0.3, 0.4) is 0 Å². The molecule has 4 rings (SSSR count). The van der Waals surface area contributed by atoms with Crippen molar-refractivity contribution in [2.24, 2.45) is 0 Å². The first-order chi connectivity index (χ1) is 16.5. The predicted octanol–water partition coefficient (Wildman–Crippen LogP) is 5.00. The molecule has 0 fully saturated rings. The van der Waals surface area contributed by atoms with E-state index in [1.807, 2.05) is 25.1 Å². The Kier molecular flexibility index (Phi) is 6.87. The van der Waals surface area contributed by atoms with Gasteiger partial charge < -0.3 is 21.3 Å². The Morgan fingerprint density at radius 3 is 1.71 bits per heavy atom. The van der Waals surface area contributed by atoms with E-state index in [-0.39, 0.29) is 41.7 Å². The largest absolute Gasteiger partial charge is 0.345 e. The molecule has 0 saturated carbocycles. The maximum absolute atomic E-state index is 14.1. The van der Waals surface area contributed by atoms with Gasteiger partial charge in [0, 0.05) is 5.69 Å². The number of anilines is 6. The highest BCUT2D eigenvalue weighted by Gasteiger charge is 2.12. The predicted molar refractivity (Wildman–Crippen MR) is 127 cm³/mol. The zero-order valence-electron chi connectivity index (χ0n) is 18.1. The Hall–Kier alpha value is -4.60. The number of benzene rings is 3. The lowest BCUT2D eigenvalue weighted by Crippen LogP contribution is -2.23. The lowest BCUT2D eigenvalue weighted by molar-refractivity contribution is -0.114. The van der Waals surface area contributed by atoms with Crippen LogP contribution >= 0.6 is 0 Å². The number of carbonyl (C=O) groups excluding carboxylic acids is 1. The van der Waals surface area contributed by atoms with Crippen molar-refractivity contribution >= 4 is 40.8 Å². The smallest absolute Gasteiger partial charge is 0.243 e. The van der Waals surface area contributed by atoms with Crippen LogP contribution in [-0.2, 0) is 4.79 Å². The molecule has 3 aromatic carbocycles. The first-order valence-electron chi connectivity index (χ1n) is 10.4. The Balaban J connectivity index is 1.55. The third-order valence-electron chi connectivity index (χ3n) is 4.70. The lowest BCUT2D eigenvalue weighted by atomic mass is 10.2. The van der Waals surface area contributed by atoms with Crippen molar-refractivity contribution < 1.29 is 13.6 Å². The zero-order valence-corrected chi connectivity index (χ0v) is 18.1. The molecule has 1 amide bonds. The highest BCUT2D eigenvalue weighted by molar-refractivity contribution is 5.94. The second-order valence-electron chi connectivity index (χ2n) is 7.23. The number of para-hydroxylation sites is 3. The minimum Gasteiger partial charge on any atom is -0.345 e. The highest BCUT2D eigenvalue weighted by atomic mass is 19.1. The average molecular weight is 461 g/mol. The molecule has 10 heteroatoms. The van der Waals surface area contributed by atoms with Crippen LogP contribution in [0.2, 0.25) is 0 Å². The van der Waals surface area contributed by atoms with Crippen LogP contribution in [0.25, 0.3) is 0 Å². The van der Waals surface area contributed by atoms with Crippen molar-refractivity contribution in [1.29, 1.82) is 0 Å². The number of amides is 1. The number of aromatic nitrogens is 3. The Morgan fingerprint density at radius 1 is 0.706 bits per heavy atom. The third kappa shape index (κ3) is 5.80. The summed E-state index contributed by atoms with van der Waals surface area (Å²) in [5.74, 6) is -1.28. The Labute approximate surface area is 194 Å². The maximum atomic E-state index is 14.1. The third-order valence-corrected chi connectivity index (χ3v) is 4.70. The number of nitrogens with one attached hydrogen (secondary N) is 4. The van der Waals surface area contributed by atoms with E-state index in [1.165, 1.54) is 24.3 Å². The van der Waals surface area contributed by atoms with Crippen LogP contribution in [0, 0.1) is 18.6 Å². The number of aryl methyl sites for hydroxylation is 1. The molecule has 0 unspecified atom stereocenters. The van der Waals surface area contributed by atoms with Crippen molar-refractivity contribution in [1.82, 2.24) is 15.0 Å². The Bertz CT molecular complexity index is 1250. The molecule has 34 heavy (non-hydrogen) atoms. The molecule has 0 aliphatic heterocycles. The average Bonchev–Trinajstić information content (AvgIpc) is 2.82. The van der Waals surface area contributed by atoms with Crippen LogP contribution < -0.4 is 21.3 Å². The van der Waals surface area contributed by atoms with E-state index >= 15 is 0 Å². The molecule has 4 aromatic rings. The van der Waals surface area contributed by atoms with Crippen molar-refractivity contribution in [2.75, 3.05) is 27.8 Å². The second-order valence-corrected chi connectivity index (χ2v) is 7.23. The van der Waals surface area contributed by atoms with Crippen molar-refractivity contribution in [3.05, 3.63) is 90.0 Å². The molecule has 0 aliphatic rings. The quantitative estimate of drug-likeness (QED) is 0.293. The van der Waals surface area contributed by atoms with E-state index in [9.17, 15) is 13.6 Å². The first-order valence-corrected chi connectivity index (χ1v) is 10.4. The molecule has 0 saturated heterocycles.